The van der Waals surface area contributed by atoms with Crippen molar-refractivity contribution in [3.63, 3.8) is 0 Å². The summed E-state index contributed by atoms with van der Waals surface area (Å²) in [5, 5.41) is 19.6. The van der Waals surface area contributed by atoms with Crippen LogP contribution in [0.1, 0.15) is 0 Å². The highest BCUT2D eigenvalue weighted by Gasteiger charge is 2.43. The maximum atomic E-state index is 12.5. The van der Waals surface area contributed by atoms with Gasteiger partial charge in [-0.2, -0.15) is 8.78 Å². The normalized spacial score (nSPS) is 15.7. The number of carbonyl (C=O) groups excluding carboxylic acids is 1. The summed E-state index contributed by atoms with van der Waals surface area (Å²) in [4.78, 5) is 11.9. The average molecular weight is 195 g/mol. The molecule has 0 radical (unpaired) electrons. The molecule has 8 heteroatoms. The molecule has 0 aliphatic rings. The zero-order valence-corrected chi connectivity index (χ0v) is 6.34. The Balaban J connectivity index is 4.79. The van der Waals surface area contributed by atoms with Crippen molar-refractivity contribution in [3.05, 3.63) is 10.4 Å². The monoisotopic (exact) mass is 195 g/mol. The topological polar surface area (TPSA) is 106 Å². The third kappa shape index (κ3) is 2.94. The third-order valence-corrected chi connectivity index (χ3v) is 1.28. The summed E-state index contributed by atoms with van der Waals surface area (Å²) in [6, 6.07) is -2.28. The van der Waals surface area contributed by atoms with E-state index in [2.05, 4.69) is 5.11 Å². The van der Waals surface area contributed by atoms with Crippen LogP contribution in [-0.2, 0) is 4.79 Å². The van der Waals surface area contributed by atoms with E-state index in [-0.39, 0.29) is 0 Å². The first-order valence-corrected chi connectivity index (χ1v) is 3.17. The van der Waals surface area contributed by atoms with Gasteiger partial charge in [-0.05, 0) is 5.53 Å². The first-order chi connectivity index (χ1) is 5.99. The fourth-order valence-electron chi connectivity index (χ4n) is 0.636. The quantitative estimate of drug-likeness (QED) is 0.275. The van der Waals surface area contributed by atoms with Gasteiger partial charge in [0.25, 0.3) is 0 Å². The number of aliphatic hydroxyl groups is 2. The van der Waals surface area contributed by atoms with Crippen LogP contribution in [0.15, 0.2) is 5.11 Å². The zero-order chi connectivity index (χ0) is 10.5. The predicted molar refractivity (Wildman–Crippen MR) is 37.0 cm³/mol. The molecule has 0 heterocycles. The van der Waals surface area contributed by atoms with Crippen LogP contribution in [-0.4, -0.2) is 41.2 Å². The molecule has 0 bridgehead atoms. The van der Waals surface area contributed by atoms with Crippen LogP contribution in [0.4, 0.5) is 8.78 Å². The minimum Gasteiger partial charge on any atom is -0.394 e. The summed E-state index contributed by atoms with van der Waals surface area (Å²) in [5.74, 6) is -3.98. The Labute approximate surface area is 71.4 Å². The van der Waals surface area contributed by atoms with Gasteiger partial charge in [0.15, 0.2) is 6.29 Å². The second-order valence-electron chi connectivity index (χ2n) is 2.19. The van der Waals surface area contributed by atoms with Crippen molar-refractivity contribution in [2.75, 3.05) is 6.61 Å². The van der Waals surface area contributed by atoms with E-state index in [1.807, 2.05) is 4.91 Å². The maximum Gasteiger partial charge on any atom is 0.313 e. The molecule has 2 N–H and O–H groups in total. The summed E-state index contributed by atoms with van der Waals surface area (Å²) >= 11 is 0. The Morgan fingerprint density at radius 3 is 2.54 bits per heavy atom. The van der Waals surface area contributed by atoms with E-state index in [9.17, 15) is 13.6 Å². The molecule has 74 valence electrons. The second-order valence-corrected chi connectivity index (χ2v) is 2.19. The molecule has 0 unspecified atom stereocenters. The molecule has 0 aliphatic heterocycles. The maximum absolute atomic E-state index is 12.5. The number of azide groups is 1. The Hall–Kier alpha value is -1.24. The molecule has 0 aromatic rings. The number of alkyl halides is 2. The van der Waals surface area contributed by atoms with Gasteiger partial charge in [-0.1, -0.05) is 5.11 Å². The van der Waals surface area contributed by atoms with Crippen molar-refractivity contribution < 1.29 is 23.8 Å². The lowest BCUT2D eigenvalue weighted by Crippen LogP contribution is -2.43. The standard InChI is InChI=1S/C5H7F2N3O3/c6-5(7,2-12)4(9-10-8)3(13)1-11/h2-4,11,13H,1H2/t3-,4-/m1/s1. The number of aliphatic hydroxyl groups excluding tert-OH is 2. The first-order valence-electron chi connectivity index (χ1n) is 3.17. The number of nitrogens with zero attached hydrogens (tertiary/aromatic N) is 3. The van der Waals surface area contributed by atoms with Crippen LogP contribution >= 0.6 is 0 Å². The van der Waals surface area contributed by atoms with Crippen LogP contribution in [0.2, 0.25) is 0 Å². The average Bonchev–Trinajstić information content (AvgIpc) is 2.12. The highest BCUT2D eigenvalue weighted by atomic mass is 19.3. The number of aldehydes is 1. The second kappa shape index (κ2) is 4.70. The van der Waals surface area contributed by atoms with Crippen LogP contribution in [0.5, 0.6) is 0 Å². The Morgan fingerprint density at radius 1 is 1.69 bits per heavy atom. The number of hydrogen-bond acceptors (Lipinski definition) is 4. The van der Waals surface area contributed by atoms with E-state index in [0.29, 0.717) is 0 Å². The van der Waals surface area contributed by atoms with Crippen molar-refractivity contribution in [2.24, 2.45) is 5.11 Å². The zero-order valence-electron chi connectivity index (χ0n) is 6.34. The molecule has 0 amide bonds. The first kappa shape index (κ1) is 11.8. The smallest absolute Gasteiger partial charge is 0.313 e. The minimum absolute atomic E-state index is 0.745. The minimum atomic E-state index is -3.98. The molecule has 0 aliphatic carbocycles. The van der Waals surface area contributed by atoms with Crippen LogP contribution < -0.4 is 0 Å². The molecule has 0 fully saturated rings. The van der Waals surface area contributed by atoms with Gasteiger partial charge < -0.3 is 10.2 Å². The Bertz CT molecular complexity index is 229. The van der Waals surface area contributed by atoms with E-state index in [0.717, 1.165) is 0 Å². The van der Waals surface area contributed by atoms with Crippen molar-refractivity contribution in [3.8, 4) is 0 Å². The summed E-state index contributed by atoms with van der Waals surface area (Å²) < 4.78 is 25.1. The summed E-state index contributed by atoms with van der Waals surface area (Å²) in [5.41, 5.74) is 7.86. The van der Waals surface area contributed by atoms with Gasteiger partial charge in [-0.3, -0.25) is 4.79 Å². The lowest BCUT2D eigenvalue weighted by Gasteiger charge is -2.20. The SMILES string of the molecule is [N-]=[N+]=N[C@H]([C@H](O)CO)C(F)(F)C=O. The van der Waals surface area contributed by atoms with E-state index in [1.54, 1.807) is 0 Å². The predicted octanol–water partition coefficient (Wildman–Crippen LogP) is -0.147. The van der Waals surface area contributed by atoms with Crippen molar-refractivity contribution in [1.82, 2.24) is 0 Å². The van der Waals surface area contributed by atoms with Crippen molar-refractivity contribution in [2.45, 2.75) is 18.1 Å². The Kier molecular flexibility index (Phi) is 4.26. The van der Waals surface area contributed by atoms with Gasteiger partial charge in [0, 0.05) is 4.91 Å². The molecular formula is C5H7F2N3O3. The summed E-state index contributed by atoms with van der Waals surface area (Å²) in [6.07, 6.45) is -2.71. The number of halogens is 2. The molecule has 0 aromatic heterocycles. The van der Waals surface area contributed by atoms with E-state index in [1.165, 1.54) is 0 Å². The largest absolute Gasteiger partial charge is 0.394 e. The highest BCUT2D eigenvalue weighted by molar-refractivity contribution is 5.61. The van der Waals surface area contributed by atoms with E-state index in [4.69, 9.17) is 15.7 Å². The van der Waals surface area contributed by atoms with Crippen LogP contribution in [0, 0.1) is 0 Å². The lowest BCUT2D eigenvalue weighted by molar-refractivity contribution is -0.137. The van der Waals surface area contributed by atoms with Gasteiger partial charge in [-0.15, -0.1) is 0 Å². The molecule has 0 rings (SSSR count). The van der Waals surface area contributed by atoms with E-state index >= 15 is 0 Å². The molecular weight excluding hydrogens is 188 g/mol. The van der Waals surface area contributed by atoms with Gasteiger partial charge in [-0.25, -0.2) is 0 Å². The van der Waals surface area contributed by atoms with Gasteiger partial charge in [0.05, 0.1) is 12.7 Å². The number of carbonyl (C=O) groups is 1. The fraction of sp³-hybridized carbons (Fsp3) is 0.800. The van der Waals surface area contributed by atoms with Gasteiger partial charge in [0.1, 0.15) is 6.04 Å². The summed E-state index contributed by atoms with van der Waals surface area (Å²) in [6.45, 7) is -1.02. The third-order valence-electron chi connectivity index (χ3n) is 1.28. The van der Waals surface area contributed by atoms with Crippen LogP contribution in [0.25, 0.3) is 10.4 Å². The highest BCUT2D eigenvalue weighted by Crippen LogP contribution is 2.21. The number of hydrogen-bond donors (Lipinski definition) is 2. The van der Waals surface area contributed by atoms with Crippen LogP contribution in [0.3, 0.4) is 0 Å². The molecule has 2 atom stereocenters. The fourth-order valence-corrected chi connectivity index (χ4v) is 0.636. The van der Waals surface area contributed by atoms with Crippen molar-refractivity contribution >= 4 is 6.29 Å². The van der Waals surface area contributed by atoms with Gasteiger partial charge >= 0.3 is 5.92 Å². The molecule has 13 heavy (non-hydrogen) atoms. The lowest BCUT2D eigenvalue weighted by atomic mass is 10.1. The molecule has 0 saturated heterocycles. The van der Waals surface area contributed by atoms with E-state index < -0.39 is 31.0 Å². The molecule has 0 spiro atoms. The molecule has 6 nitrogen and oxygen atoms in total. The molecule has 0 saturated carbocycles. The van der Waals surface area contributed by atoms with Crippen molar-refractivity contribution in [1.29, 1.82) is 0 Å². The van der Waals surface area contributed by atoms with Gasteiger partial charge in [0.2, 0.25) is 0 Å². The molecule has 0 aromatic carbocycles. The Morgan fingerprint density at radius 2 is 2.23 bits per heavy atom. The summed E-state index contributed by atoms with van der Waals surface area (Å²) in [7, 11) is 0. The number of rotatable bonds is 5.